The quantitative estimate of drug-likeness (QED) is 0.179. The maximum absolute atomic E-state index is 11.2. The lowest BCUT2D eigenvalue weighted by Gasteiger charge is -2.22. The first kappa shape index (κ1) is 36.9. The van der Waals surface area contributed by atoms with Gasteiger partial charge < -0.3 is 5.11 Å². The van der Waals surface area contributed by atoms with Crippen molar-refractivity contribution in [3.8, 4) is 56.3 Å². The summed E-state index contributed by atoms with van der Waals surface area (Å²) in [5.74, 6) is 1.69. The zero-order valence-electron chi connectivity index (χ0n) is 33.5. The molecule has 0 amide bonds. The van der Waals surface area contributed by atoms with Crippen molar-refractivity contribution in [2.24, 2.45) is 0 Å². The molecule has 274 valence electrons. The Morgan fingerprint density at radius 2 is 1.15 bits per heavy atom. The highest BCUT2D eigenvalue weighted by Crippen LogP contribution is 2.42. The van der Waals surface area contributed by atoms with Gasteiger partial charge in [-0.25, -0.2) is 4.98 Å². The first-order valence-corrected chi connectivity index (χ1v) is 19.3. The Bertz CT molecular complexity index is 2450. The fourth-order valence-corrected chi connectivity index (χ4v) is 7.17. The first-order chi connectivity index (χ1) is 25.6. The molecule has 5 aromatic carbocycles. The van der Waals surface area contributed by atoms with Crippen LogP contribution in [0.1, 0.15) is 103 Å². The predicted octanol–water partition coefficient (Wildman–Crippen LogP) is 13.6. The lowest BCUT2D eigenvalue weighted by atomic mass is 9.83. The first-order valence-electron chi connectivity index (χ1n) is 19.3. The van der Waals surface area contributed by atoms with E-state index in [2.05, 4.69) is 159 Å². The number of aromatic nitrogens is 3. The lowest BCUT2D eigenvalue weighted by molar-refractivity contribution is 0.477. The highest BCUT2D eigenvalue weighted by molar-refractivity contribution is 5.98. The molecule has 0 bridgehead atoms. The molecule has 0 aliphatic rings. The summed E-state index contributed by atoms with van der Waals surface area (Å²) in [6, 6.07) is 40.8. The van der Waals surface area contributed by atoms with E-state index < -0.39 is 0 Å². The number of para-hydroxylation sites is 2. The minimum Gasteiger partial charge on any atom is -0.507 e. The van der Waals surface area contributed by atoms with E-state index in [9.17, 15) is 5.11 Å². The lowest BCUT2D eigenvalue weighted by Crippen LogP contribution is -2.11. The fraction of sp³-hybridized carbons (Fsp3) is 0.280. The zero-order chi connectivity index (χ0) is 38.5. The van der Waals surface area contributed by atoms with E-state index in [-0.39, 0.29) is 16.6 Å². The Kier molecular flexibility index (Phi) is 9.60. The fourth-order valence-electron chi connectivity index (χ4n) is 7.17. The Morgan fingerprint density at radius 1 is 0.556 bits per heavy atom. The molecule has 0 aliphatic carbocycles. The molecule has 0 saturated heterocycles. The van der Waals surface area contributed by atoms with Crippen LogP contribution in [0.15, 0.2) is 121 Å². The van der Waals surface area contributed by atoms with Gasteiger partial charge in [-0.05, 0) is 128 Å². The largest absolute Gasteiger partial charge is 0.507 e. The molecule has 0 aliphatic heterocycles. The Balaban J connectivity index is 1.60. The second kappa shape index (κ2) is 14.1. The second-order valence-electron chi connectivity index (χ2n) is 17.4. The van der Waals surface area contributed by atoms with E-state index in [4.69, 9.17) is 9.97 Å². The Morgan fingerprint density at radius 3 is 1.78 bits per heavy atom. The summed E-state index contributed by atoms with van der Waals surface area (Å²) in [5, 5.41) is 11.2. The molecule has 0 spiro atoms. The van der Waals surface area contributed by atoms with Crippen molar-refractivity contribution < 1.29 is 5.11 Å². The maximum Gasteiger partial charge on any atom is 0.149 e. The van der Waals surface area contributed by atoms with E-state index >= 15 is 0 Å². The molecule has 54 heavy (non-hydrogen) atoms. The van der Waals surface area contributed by atoms with Crippen molar-refractivity contribution in [1.82, 2.24) is 14.5 Å². The van der Waals surface area contributed by atoms with E-state index in [1.54, 1.807) is 6.07 Å². The van der Waals surface area contributed by atoms with Gasteiger partial charge in [-0.15, -0.1) is 0 Å². The molecule has 0 fully saturated rings. The van der Waals surface area contributed by atoms with Gasteiger partial charge in [0.05, 0.1) is 22.3 Å². The van der Waals surface area contributed by atoms with E-state index in [1.165, 1.54) is 27.8 Å². The van der Waals surface area contributed by atoms with Gasteiger partial charge in [-0.1, -0.05) is 118 Å². The SMILES string of the molecule is CC(C)c1cc(-c2cc(-c3cc(C(C)(C)C)ccn3)cc(-c3cc(C(C)(C)C)cc4c3nc(-c3ccccc3O)n4-c3ccccc3)c2)cc(C(C)C)c1. The summed E-state index contributed by atoms with van der Waals surface area (Å²) in [6.45, 7) is 22.6. The molecule has 0 atom stereocenters. The molecule has 0 radical (unpaired) electrons. The number of nitrogens with zero attached hydrogens (tertiary/aromatic N) is 3. The van der Waals surface area contributed by atoms with Gasteiger partial charge in [-0.2, -0.15) is 0 Å². The summed E-state index contributed by atoms with van der Waals surface area (Å²) in [5.41, 5.74) is 15.0. The summed E-state index contributed by atoms with van der Waals surface area (Å²) in [7, 11) is 0. The third-order valence-electron chi connectivity index (χ3n) is 10.6. The normalized spacial score (nSPS) is 12.3. The average molecular weight is 712 g/mol. The van der Waals surface area contributed by atoms with E-state index in [0.29, 0.717) is 23.2 Å². The molecule has 7 aromatic rings. The molecule has 4 nitrogen and oxygen atoms in total. The summed E-state index contributed by atoms with van der Waals surface area (Å²) in [4.78, 5) is 10.4. The van der Waals surface area contributed by atoms with Crippen molar-refractivity contribution >= 4 is 11.0 Å². The molecule has 0 saturated carbocycles. The highest BCUT2D eigenvalue weighted by Gasteiger charge is 2.25. The number of aromatic hydroxyl groups is 1. The van der Waals surface area contributed by atoms with Gasteiger partial charge in [0.15, 0.2) is 0 Å². The van der Waals surface area contributed by atoms with E-state index in [1.807, 2.05) is 30.5 Å². The van der Waals surface area contributed by atoms with Crippen molar-refractivity contribution in [2.75, 3.05) is 0 Å². The number of imidazole rings is 1. The van der Waals surface area contributed by atoms with Crippen molar-refractivity contribution in [2.45, 2.75) is 91.9 Å². The van der Waals surface area contributed by atoms with Crippen LogP contribution in [0.2, 0.25) is 0 Å². The third-order valence-corrected chi connectivity index (χ3v) is 10.6. The number of phenolic OH excluding ortho intramolecular Hbond substituents is 1. The van der Waals surface area contributed by atoms with Crippen LogP contribution in [0.3, 0.4) is 0 Å². The summed E-state index contributed by atoms with van der Waals surface area (Å²) < 4.78 is 2.20. The van der Waals surface area contributed by atoms with Crippen LogP contribution in [0.5, 0.6) is 5.75 Å². The molecule has 2 heterocycles. The van der Waals surface area contributed by atoms with Crippen LogP contribution in [-0.2, 0) is 10.8 Å². The number of rotatable bonds is 7. The number of benzene rings is 5. The number of hydrogen-bond donors (Lipinski definition) is 1. The standard InChI is InChI=1S/C50H53N3O/c1-31(2)33-22-34(32(3)4)24-35(23-33)36-25-37(27-38(26-36)44-29-39(20-21-51-44)49(5,6)7)43-28-40(50(8,9)10)30-45-47(43)52-48(42-18-14-15-19-46(42)54)53(45)41-16-12-11-13-17-41/h11-32,54H,1-10H3. The summed E-state index contributed by atoms with van der Waals surface area (Å²) >= 11 is 0. The molecular weight excluding hydrogens is 659 g/mol. The van der Waals surface area contributed by atoms with Crippen LogP contribution in [0.4, 0.5) is 0 Å². The van der Waals surface area contributed by atoms with Gasteiger partial charge in [0.1, 0.15) is 11.6 Å². The monoisotopic (exact) mass is 711 g/mol. The smallest absolute Gasteiger partial charge is 0.149 e. The van der Waals surface area contributed by atoms with Crippen LogP contribution in [0.25, 0.3) is 61.6 Å². The average Bonchev–Trinajstić information content (AvgIpc) is 3.53. The van der Waals surface area contributed by atoms with Crippen molar-refractivity contribution in [1.29, 1.82) is 0 Å². The van der Waals surface area contributed by atoms with Gasteiger partial charge in [0.2, 0.25) is 0 Å². The molecular formula is C50H53N3O. The van der Waals surface area contributed by atoms with Crippen molar-refractivity contribution in [3.63, 3.8) is 0 Å². The van der Waals surface area contributed by atoms with Gasteiger partial charge in [0.25, 0.3) is 0 Å². The zero-order valence-corrected chi connectivity index (χ0v) is 33.5. The molecule has 1 N–H and O–H groups in total. The van der Waals surface area contributed by atoms with E-state index in [0.717, 1.165) is 44.7 Å². The van der Waals surface area contributed by atoms with Gasteiger partial charge in [0, 0.05) is 23.0 Å². The number of phenols is 1. The van der Waals surface area contributed by atoms with Crippen LogP contribution >= 0.6 is 0 Å². The van der Waals surface area contributed by atoms with Crippen molar-refractivity contribution in [3.05, 3.63) is 144 Å². The number of pyridine rings is 1. The highest BCUT2D eigenvalue weighted by atomic mass is 16.3. The molecule has 2 aromatic heterocycles. The topological polar surface area (TPSA) is 50.9 Å². The van der Waals surface area contributed by atoms with Gasteiger partial charge >= 0.3 is 0 Å². The molecule has 0 unspecified atom stereocenters. The van der Waals surface area contributed by atoms with Crippen LogP contribution in [-0.4, -0.2) is 19.6 Å². The van der Waals surface area contributed by atoms with Crippen LogP contribution < -0.4 is 0 Å². The summed E-state index contributed by atoms with van der Waals surface area (Å²) in [6.07, 6.45) is 1.94. The predicted molar refractivity (Wildman–Crippen MR) is 228 cm³/mol. The minimum atomic E-state index is -0.148. The second-order valence-corrected chi connectivity index (χ2v) is 17.4. The number of fused-ring (bicyclic) bond motifs is 1. The molecule has 7 rings (SSSR count). The maximum atomic E-state index is 11.2. The third kappa shape index (κ3) is 7.22. The minimum absolute atomic E-state index is 0.0211. The Labute approximate surface area is 321 Å². The van der Waals surface area contributed by atoms with Crippen LogP contribution in [0, 0.1) is 0 Å². The number of hydrogen-bond acceptors (Lipinski definition) is 3. The Hall–Kier alpha value is -5.48. The molecule has 4 heteroatoms. The van der Waals surface area contributed by atoms with Gasteiger partial charge in [-0.3, -0.25) is 9.55 Å².